The Kier molecular flexibility index (Phi) is 5.64. The van der Waals surface area contributed by atoms with Gasteiger partial charge in [-0.2, -0.15) is 0 Å². The highest BCUT2D eigenvalue weighted by Crippen LogP contribution is 2.26. The molecule has 1 aliphatic carbocycles. The number of ether oxygens (including phenoxy) is 1. The number of nitrogens with one attached hydrogen (secondary N) is 2. The van der Waals surface area contributed by atoms with Gasteiger partial charge in [-0.1, -0.05) is 6.92 Å². The average Bonchev–Trinajstić information content (AvgIpc) is 2.42. The van der Waals surface area contributed by atoms with Crippen molar-refractivity contribution in [3.8, 4) is 0 Å². The van der Waals surface area contributed by atoms with Crippen LogP contribution in [-0.4, -0.2) is 37.7 Å². The second-order valence-corrected chi connectivity index (χ2v) is 6.04. The summed E-state index contributed by atoms with van der Waals surface area (Å²) in [5.74, 6) is 0.858. The summed E-state index contributed by atoms with van der Waals surface area (Å²) in [4.78, 5) is 11.7. The molecule has 1 saturated heterocycles. The van der Waals surface area contributed by atoms with Crippen LogP contribution in [0.4, 0.5) is 0 Å². The van der Waals surface area contributed by atoms with Crippen LogP contribution in [0.2, 0.25) is 0 Å². The van der Waals surface area contributed by atoms with Gasteiger partial charge in [-0.25, -0.2) is 0 Å². The van der Waals surface area contributed by atoms with Gasteiger partial charge in [-0.15, -0.1) is 0 Å². The number of piperidine rings is 1. The first kappa shape index (κ1) is 14.8. The Labute approximate surface area is 116 Å². The molecule has 2 unspecified atom stereocenters. The number of carbonyl (C=O) groups excluding carboxylic acids is 1. The standard InChI is InChI=1S/C15H28N2O2/c1-3-19-15(18)12-4-6-13(7-5-12)17-14-8-9-16-10-11(14)2/h11-14,16-17H,3-10H2,1-2H3. The van der Waals surface area contributed by atoms with Gasteiger partial charge in [0.1, 0.15) is 0 Å². The van der Waals surface area contributed by atoms with E-state index < -0.39 is 0 Å². The molecule has 0 aromatic rings. The van der Waals surface area contributed by atoms with Crippen molar-refractivity contribution in [2.24, 2.45) is 11.8 Å². The molecule has 4 heteroatoms. The summed E-state index contributed by atoms with van der Waals surface area (Å²) in [7, 11) is 0. The minimum Gasteiger partial charge on any atom is -0.466 e. The van der Waals surface area contributed by atoms with E-state index in [1.165, 1.54) is 6.42 Å². The molecule has 19 heavy (non-hydrogen) atoms. The Balaban J connectivity index is 1.72. The van der Waals surface area contributed by atoms with Crippen LogP contribution in [0, 0.1) is 11.8 Å². The molecule has 1 heterocycles. The summed E-state index contributed by atoms with van der Waals surface area (Å²) >= 11 is 0. The maximum atomic E-state index is 11.7. The quantitative estimate of drug-likeness (QED) is 0.762. The molecule has 1 aliphatic heterocycles. The maximum Gasteiger partial charge on any atom is 0.308 e. The molecular formula is C15H28N2O2. The van der Waals surface area contributed by atoms with E-state index in [9.17, 15) is 4.79 Å². The van der Waals surface area contributed by atoms with E-state index in [-0.39, 0.29) is 11.9 Å². The summed E-state index contributed by atoms with van der Waals surface area (Å²) in [6.45, 7) is 6.94. The first-order valence-corrected chi connectivity index (χ1v) is 7.84. The van der Waals surface area contributed by atoms with Gasteiger partial charge < -0.3 is 15.4 Å². The highest BCUT2D eigenvalue weighted by atomic mass is 16.5. The Morgan fingerprint density at radius 1 is 1.26 bits per heavy atom. The third-order valence-electron chi connectivity index (χ3n) is 4.58. The Hall–Kier alpha value is -0.610. The van der Waals surface area contributed by atoms with Crippen LogP contribution in [0.3, 0.4) is 0 Å². The fourth-order valence-electron chi connectivity index (χ4n) is 3.32. The molecule has 0 aromatic carbocycles. The summed E-state index contributed by atoms with van der Waals surface area (Å²) in [6.07, 6.45) is 5.41. The predicted molar refractivity (Wildman–Crippen MR) is 76.0 cm³/mol. The highest BCUT2D eigenvalue weighted by molar-refractivity contribution is 5.72. The maximum absolute atomic E-state index is 11.7. The number of carbonyl (C=O) groups is 1. The lowest BCUT2D eigenvalue weighted by atomic mass is 9.84. The van der Waals surface area contributed by atoms with Gasteiger partial charge in [-0.3, -0.25) is 4.79 Å². The largest absolute Gasteiger partial charge is 0.466 e. The van der Waals surface area contributed by atoms with Crippen molar-refractivity contribution in [1.29, 1.82) is 0 Å². The first-order valence-electron chi connectivity index (χ1n) is 7.84. The van der Waals surface area contributed by atoms with Gasteiger partial charge in [0.05, 0.1) is 12.5 Å². The lowest BCUT2D eigenvalue weighted by molar-refractivity contribution is -0.149. The Bertz CT molecular complexity index is 288. The first-order chi connectivity index (χ1) is 9.20. The fourth-order valence-corrected chi connectivity index (χ4v) is 3.32. The molecule has 0 spiro atoms. The molecule has 2 N–H and O–H groups in total. The van der Waals surface area contributed by atoms with Gasteiger partial charge in [-0.05, 0) is 58.0 Å². The smallest absolute Gasteiger partial charge is 0.308 e. The number of hydrogen-bond donors (Lipinski definition) is 2. The van der Waals surface area contributed by atoms with E-state index in [0.717, 1.165) is 38.8 Å². The third-order valence-corrected chi connectivity index (χ3v) is 4.58. The topological polar surface area (TPSA) is 50.4 Å². The summed E-state index contributed by atoms with van der Waals surface area (Å²) in [6, 6.07) is 1.24. The van der Waals surface area contributed by atoms with Crippen LogP contribution in [0.15, 0.2) is 0 Å². The summed E-state index contributed by atoms with van der Waals surface area (Å²) in [5, 5.41) is 7.24. The molecule has 2 atom stereocenters. The van der Waals surface area contributed by atoms with Crippen molar-refractivity contribution in [2.45, 2.75) is 58.0 Å². The molecule has 0 amide bonds. The molecule has 1 saturated carbocycles. The fraction of sp³-hybridized carbons (Fsp3) is 0.933. The van der Waals surface area contributed by atoms with E-state index in [2.05, 4.69) is 17.6 Å². The van der Waals surface area contributed by atoms with E-state index in [1.54, 1.807) is 0 Å². The Morgan fingerprint density at radius 2 is 2.00 bits per heavy atom. The van der Waals surface area contributed by atoms with Crippen molar-refractivity contribution in [1.82, 2.24) is 10.6 Å². The van der Waals surface area contributed by atoms with Gasteiger partial charge in [0, 0.05) is 12.1 Å². The molecule has 4 nitrogen and oxygen atoms in total. The number of rotatable bonds is 4. The second kappa shape index (κ2) is 7.25. The molecule has 2 aliphatic rings. The third kappa shape index (κ3) is 4.18. The molecule has 2 rings (SSSR count). The van der Waals surface area contributed by atoms with E-state index in [1.807, 2.05) is 6.92 Å². The molecule has 0 bridgehead atoms. The van der Waals surface area contributed by atoms with Gasteiger partial charge in [0.25, 0.3) is 0 Å². The van der Waals surface area contributed by atoms with Crippen LogP contribution in [-0.2, 0) is 9.53 Å². The van der Waals surface area contributed by atoms with Crippen molar-refractivity contribution in [3.63, 3.8) is 0 Å². The monoisotopic (exact) mass is 268 g/mol. The molecule has 0 radical (unpaired) electrons. The minimum absolute atomic E-state index is 0.0104. The van der Waals surface area contributed by atoms with E-state index in [0.29, 0.717) is 24.6 Å². The van der Waals surface area contributed by atoms with Crippen LogP contribution < -0.4 is 10.6 Å². The Morgan fingerprint density at radius 3 is 2.63 bits per heavy atom. The number of hydrogen-bond acceptors (Lipinski definition) is 4. The predicted octanol–water partition coefficient (Wildman–Crippen LogP) is 1.70. The van der Waals surface area contributed by atoms with Crippen LogP contribution in [0.5, 0.6) is 0 Å². The zero-order valence-corrected chi connectivity index (χ0v) is 12.3. The van der Waals surface area contributed by atoms with Crippen molar-refractivity contribution in [2.75, 3.05) is 19.7 Å². The summed E-state index contributed by atoms with van der Waals surface area (Å²) < 4.78 is 5.12. The highest BCUT2D eigenvalue weighted by Gasteiger charge is 2.30. The molecular weight excluding hydrogens is 240 g/mol. The van der Waals surface area contributed by atoms with Crippen molar-refractivity contribution in [3.05, 3.63) is 0 Å². The van der Waals surface area contributed by atoms with Gasteiger partial charge in [0.2, 0.25) is 0 Å². The van der Waals surface area contributed by atoms with Crippen LogP contribution in [0.25, 0.3) is 0 Å². The molecule has 0 aromatic heterocycles. The van der Waals surface area contributed by atoms with Crippen LogP contribution >= 0.6 is 0 Å². The molecule has 2 fully saturated rings. The average molecular weight is 268 g/mol. The van der Waals surface area contributed by atoms with E-state index in [4.69, 9.17) is 4.74 Å². The van der Waals surface area contributed by atoms with Crippen molar-refractivity contribution < 1.29 is 9.53 Å². The lowest BCUT2D eigenvalue weighted by Gasteiger charge is -2.36. The minimum atomic E-state index is 0.0104. The van der Waals surface area contributed by atoms with Gasteiger partial charge in [0.15, 0.2) is 0 Å². The lowest BCUT2D eigenvalue weighted by Crippen LogP contribution is -2.50. The van der Waals surface area contributed by atoms with Crippen LogP contribution in [0.1, 0.15) is 46.0 Å². The zero-order valence-electron chi connectivity index (χ0n) is 12.3. The zero-order chi connectivity index (χ0) is 13.7. The summed E-state index contributed by atoms with van der Waals surface area (Å²) in [5.41, 5.74) is 0. The van der Waals surface area contributed by atoms with Gasteiger partial charge >= 0.3 is 5.97 Å². The normalized spacial score (nSPS) is 35.9. The van der Waals surface area contributed by atoms with Crippen molar-refractivity contribution >= 4 is 5.97 Å². The SMILES string of the molecule is CCOC(=O)C1CCC(NC2CCNCC2C)CC1. The number of esters is 1. The second-order valence-electron chi connectivity index (χ2n) is 6.04. The molecule has 110 valence electrons. The van der Waals surface area contributed by atoms with E-state index >= 15 is 0 Å².